The lowest BCUT2D eigenvalue weighted by molar-refractivity contribution is 0.561. The summed E-state index contributed by atoms with van der Waals surface area (Å²) in [5.74, 6) is 0.713. The van der Waals surface area contributed by atoms with E-state index in [9.17, 15) is 0 Å². The van der Waals surface area contributed by atoms with Crippen LogP contribution < -0.4 is 5.32 Å². The molecule has 108 valence electrons. The Hall–Kier alpha value is -1.46. The predicted molar refractivity (Wildman–Crippen MR) is 89.4 cm³/mol. The van der Waals surface area contributed by atoms with Crippen molar-refractivity contribution in [2.45, 2.75) is 35.8 Å². The van der Waals surface area contributed by atoms with Gasteiger partial charge >= 0.3 is 0 Å². The van der Waals surface area contributed by atoms with E-state index in [4.69, 9.17) is 4.42 Å². The molecule has 3 nitrogen and oxygen atoms in total. The molecule has 0 bridgehead atoms. The number of thiophene rings is 1. The van der Waals surface area contributed by atoms with Crippen molar-refractivity contribution in [1.29, 1.82) is 0 Å². The SMILES string of the molecule is Cc1nc2cc(NC3C[C@H](C)Sc4sccc43)ccc2o1. The van der Waals surface area contributed by atoms with Gasteiger partial charge in [0.05, 0.1) is 10.3 Å². The standard InChI is InChI=1S/C16H16N2OS2/c1-9-7-13(12-5-6-20-16(12)21-9)18-11-3-4-15-14(8-11)17-10(2)19-15/h3-6,8-9,13,18H,7H2,1-2H3/t9-,13?/m0/s1. The van der Waals surface area contributed by atoms with Gasteiger partial charge in [-0.2, -0.15) is 0 Å². The third-order valence-electron chi connectivity index (χ3n) is 3.75. The number of rotatable bonds is 2. The van der Waals surface area contributed by atoms with E-state index in [2.05, 4.69) is 40.8 Å². The summed E-state index contributed by atoms with van der Waals surface area (Å²) in [5.41, 5.74) is 4.31. The Kier molecular flexibility index (Phi) is 3.19. The van der Waals surface area contributed by atoms with Crippen molar-refractivity contribution in [3.8, 4) is 0 Å². The fourth-order valence-corrected chi connectivity index (χ4v) is 5.39. The highest BCUT2D eigenvalue weighted by molar-refractivity contribution is 8.01. The molecule has 1 aliphatic heterocycles. The molecule has 0 saturated carbocycles. The summed E-state index contributed by atoms with van der Waals surface area (Å²) in [5, 5.41) is 6.50. The molecule has 2 atom stereocenters. The second kappa shape index (κ2) is 5.07. The molecule has 0 amide bonds. The van der Waals surface area contributed by atoms with Crippen LogP contribution in [-0.4, -0.2) is 10.2 Å². The zero-order valence-electron chi connectivity index (χ0n) is 11.9. The van der Waals surface area contributed by atoms with Crippen LogP contribution in [0.15, 0.2) is 38.3 Å². The van der Waals surface area contributed by atoms with Crippen molar-refractivity contribution in [2.24, 2.45) is 0 Å². The van der Waals surface area contributed by atoms with Crippen molar-refractivity contribution in [1.82, 2.24) is 4.98 Å². The van der Waals surface area contributed by atoms with E-state index >= 15 is 0 Å². The number of hydrogen-bond donors (Lipinski definition) is 1. The lowest BCUT2D eigenvalue weighted by Gasteiger charge is -2.28. The van der Waals surface area contributed by atoms with Crippen LogP contribution in [0.5, 0.6) is 0 Å². The van der Waals surface area contributed by atoms with Crippen LogP contribution in [-0.2, 0) is 0 Å². The lowest BCUT2D eigenvalue weighted by atomic mass is 10.0. The van der Waals surface area contributed by atoms with E-state index < -0.39 is 0 Å². The first-order chi connectivity index (χ1) is 10.2. The monoisotopic (exact) mass is 316 g/mol. The van der Waals surface area contributed by atoms with Crippen molar-refractivity contribution in [3.63, 3.8) is 0 Å². The number of thioether (sulfide) groups is 1. The molecular weight excluding hydrogens is 300 g/mol. The number of benzene rings is 1. The first-order valence-electron chi connectivity index (χ1n) is 7.07. The van der Waals surface area contributed by atoms with Gasteiger partial charge in [-0.3, -0.25) is 0 Å². The highest BCUT2D eigenvalue weighted by Gasteiger charge is 2.26. The Morgan fingerprint density at radius 2 is 2.24 bits per heavy atom. The zero-order chi connectivity index (χ0) is 14.4. The van der Waals surface area contributed by atoms with Gasteiger partial charge in [-0.25, -0.2) is 4.98 Å². The molecule has 21 heavy (non-hydrogen) atoms. The number of nitrogens with zero attached hydrogens (tertiary/aromatic N) is 1. The molecule has 0 aliphatic carbocycles. The van der Waals surface area contributed by atoms with Crippen LogP contribution in [0.4, 0.5) is 5.69 Å². The molecule has 2 aromatic heterocycles. The minimum Gasteiger partial charge on any atom is -0.441 e. The molecule has 0 radical (unpaired) electrons. The van der Waals surface area contributed by atoms with Gasteiger partial charge < -0.3 is 9.73 Å². The van der Waals surface area contributed by atoms with Gasteiger partial charge in [0.25, 0.3) is 0 Å². The third kappa shape index (κ3) is 2.45. The van der Waals surface area contributed by atoms with E-state index in [0.717, 1.165) is 23.2 Å². The predicted octanol–water partition coefficient (Wildman–Crippen LogP) is 5.24. The van der Waals surface area contributed by atoms with Crippen LogP contribution >= 0.6 is 23.1 Å². The Bertz CT molecular complexity index is 793. The average Bonchev–Trinajstić information content (AvgIpc) is 3.03. The Balaban J connectivity index is 1.65. The number of hydrogen-bond acceptors (Lipinski definition) is 5. The topological polar surface area (TPSA) is 38.1 Å². The van der Waals surface area contributed by atoms with E-state index in [1.54, 1.807) is 0 Å². The van der Waals surface area contributed by atoms with Gasteiger partial charge in [-0.05, 0) is 41.6 Å². The molecule has 0 spiro atoms. The molecule has 0 saturated heterocycles. The van der Waals surface area contributed by atoms with Crippen molar-refractivity contribution in [3.05, 3.63) is 41.1 Å². The second-order valence-corrected chi connectivity index (χ2v) is 8.06. The molecule has 0 fully saturated rings. The molecule has 5 heteroatoms. The van der Waals surface area contributed by atoms with E-state index in [0.29, 0.717) is 17.2 Å². The Morgan fingerprint density at radius 3 is 3.14 bits per heavy atom. The second-order valence-electron chi connectivity index (χ2n) is 5.44. The average molecular weight is 316 g/mol. The summed E-state index contributed by atoms with van der Waals surface area (Å²) in [7, 11) is 0. The highest BCUT2D eigenvalue weighted by atomic mass is 32.2. The molecule has 1 aliphatic rings. The van der Waals surface area contributed by atoms with Crippen LogP contribution in [0, 0.1) is 6.92 Å². The van der Waals surface area contributed by atoms with E-state index in [1.165, 1.54) is 9.77 Å². The largest absolute Gasteiger partial charge is 0.441 e. The maximum Gasteiger partial charge on any atom is 0.192 e. The van der Waals surface area contributed by atoms with Gasteiger partial charge in [0.1, 0.15) is 5.52 Å². The molecule has 1 unspecified atom stereocenters. The summed E-state index contributed by atoms with van der Waals surface area (Å²) >= 11 is 3.83. The molecule has 3 aromatic rings. The van der Waals surface area contributed by atoms with Crippen LogP contribution in [0.2, 0.25) is 0 Å². The Morgan fingerprint density at radius 1 is 1.33 bits per heavy atom. The quantitative estimate of drug-likeness (QED) is 0.702. The van der Waals surface area contributed by atoms with Crippen molar-refractivity contribution in [2.75, 3.05) is 5.32 Å². The van der Waals surface area contributed by atoms with Crippen molar-refractivity contribution < 1.29 is 4.42 Å². The lowest BCUT2D eigenvalue weighted by Crippen LogP contribution is -2.18. The summed E-state index contributed by atoms with van der Waals surface area (Å²) < 4.78 is 6.98. The molecule has 1 aromatic carbocycles. The number of anilines is 1. The molecular formula is C16H16N2OS2. The van der Waals surface area contributed by atoms with E-state index in [-0.39, 0.29) is 0 Å². The first kappa shape index (κ1) is 13.2. The summed E-state index contributed by atoms with van der Waals surface area (Å²) in [6, 6.07) is 8.77. The first-order valence-corrected chi connectivity index (χ1v) is 8.83. The fraction of sp³-hybridized carbons (Fsp3) is 0.312. The van der Waals surface area contributed by atoms with Gasteiger partial charge in [0, 0.05) is 17.9 Å². The molecule has 4 rings (SSSR count). The Labute approximate surface area is 131 Å². The number of oxazole rings is 1. The van der Waals surface area contributed by atoms with Gasteiger partial charge in [0.2, 0.25) is 0 Å². The summed E-state index contributed by atoms with van der Waals surface area (Å²) in [6.45, 7) is 4.18. The van der Waals surface area contributed by atoms with Gasteiger partial charge in [-0.1, -0.05) is 6.92 Å². The third-order valence-corrected chi connectivity index (χ3v) is 6.09. The maximum absolute atomic E-state index is 5.53. The number of nitrogens with one attached hydrogen (secondary N) is 1. The van der Waals surface area contributed by atoms with Crippen LogP contribution in [0.3, 0.4) is 0 Å². The number of aromatic nitrogens is 1. The van der Waals surface area contributed by atoms with Gasteiger partial charge in [0.15, 0.2) is 11.5 Å². The number of fused-ring (bicyclic) bond motifs is 2. The molecule has 1 N–H and O–H groups in total. The van der Waals surface area contributed by atoms with Crippen LogP contribution in [0.25, 0.3) is 11.1 Å². The summed E-state index contributed by atoms with van der Waals surface area (Å²) in [4.78, 5) is 4.41. The summed E-state index contributed by atoms with van der Waals surface area (Å²) in [6.07, 6.45) is 1.14. The van der Waals surface area contributed by atoms with Crippen LogP contribution in [0.1, 0.15) is 30.8 Å². The highest BCUT2D eigenvalue weighted by Crippen LogP contribution is 2.45. The van der Waals surface area contributed by atoms with E-state index in [1.807, 2.05) is 36.1 Å². The minimum absolute atomic E-state index is 0.382. The number of aryl methyl sites for hydroxylation is 1. The maximum atomic E-state index is 5.53. The van der Waals surface area contributed by atoms with Crippen molar-refractivity contribution >= 4 is 39.9 Å². The minimum atomic E-state index is 0.382. The zero-order valence-corrected chi connectivity index (χ0v) is 13.6. The van der Waals surface area contributed by atoms with Gasteiger partial charge in [-0.15, -0.1) is 23.1 Å². The normalized spacial score (nSPS) is 21.4. The fourth-order valence-electron chi connectivity index (χ4n) is 2.82. The smallest absolute Gasteiger partial charge is 0.192 e. The molecule has 3 heterocycles.